The van der Waals surface area contributed by atoms with E-state index in [1.807, 2.05) is 30.3 Å². The number of hydrogen-bond acceptors (Lipinski definition) is 7. The van der Waals surface area contributed by atoms with Crippen molar-refractivity contribution in [1.29, 1.82) is 0 Å². The Hall–Kier alpha value is -2.51. The topological polar surface area (TPSA) is 65.6 Å². The maximum absolute atomic E-state index is 10.3. The van der Waals surface area contributed by atoms with Gasteiger partial charge < -0.3 is 19.3 Å². The molecule has 0 bridgehead atoms. The largest absolute Gasteiger partial charge is 0.508 e. The minimum absolute atomic E-state index is 0.188. The van der Waals surface area contributed by atoms with Crippen LogP contribution in [-0.4, -0.2) is 59.2 Å². The molecule has 29 heavy (non-hydrogen) atoms. The molecule has 7 heteroatoms. The number of thioether (sulfide) groups is 1. The third-order valence-electron chi connectivity index (χ3n) is 5.20. The number of aromatic nitrogens is 2. The van der Waals surface area contributed by atoms with Crippen LogP contribution >= 0.6 is 11.8 Å². The molecule has 1 aromatic heterocycles. The molecule has 2 heterocycles. The van der Waals surface area contributed by atoms with Gasteiger partial charge in [-0.2, -0.15) is 0 Å². The van der Waals surface area contributed by atoms with Gasteiger partial charge in [0.25, 0.3) is 0 Å². The van der Waals surface area contributed by atoms with Crippen molar-refractivity contribution >= 4 is 17.4 Å². The summed E-state index contributed by atoms with van der Waals surface area (Å²) in [6, 6.07) is 15.6. The van der Waals surface area contributed by atoms with E-state index in [2.05, 4.69) is 46.1 Å². The van der Waals surface area contributed by atoms with E-state index in [1.54, 1.807) is 17.8 Å². The Balaban J connectivity index is 1.54. The summed E-state index contributed by atoms with van der Waals surface area (Å²) in [4.78, 5) is 4.75. The summed E-state index contributed by atoms with van der Waals surface area (Å²) in [5.41, 5.74) is 2.91. The molecule has 0 aliphatic carbocycles. The molecular formula is C22H26N4O2S. The zero-order valence-corrected chi connectivity index (χ0v) is 17.6. The smallest absolute Gasteiger partial charge is 0.247 e. The Bertz CT molecular complexity index is 936. The van der Waals surface area contributed by atoms with E-state index in [-0.39, 0.29) is 11.0 Å². The fraction of sp³-hybridized carbons (Fsp3) is 0.364. The summed E-state index contributed by atoms with van der Waals surface area (Å²) < 4.78 is 6.02. The van der Waals surface area contributed by atoms with Crippen molar-refractivity contribution in [2.75, 3.05) is 43.9 Å². The molecule has 152 valence electrons. The predicted octanol–water partition coefficient (Wildman–Crippen LogP) is 4.04. The number of benzene rings is 2. The lowest BCUT2D eigenvalue weighted by atomic mass is 10.1. The number of aromatic hydroxyl groups is 1. The molecule has 1 saturated heterocycles. The number of rotatable bonds is 6. The van der Waals surface area contributed by atoms with E-state index in [0.29, 0.717) is 11.8 Å². The van der Waals surface area contributed by atoms with Gasteiger partial charge in [-0.3, -0.25) is 0 Å². The number of phenols is 1. The number of para-hydroxylation sites is 1. The van der Waals surface area contributed by atoms with Crippen LogP contribution in [0.2, 0.25) is 0 Å². The number of anilines is 1. The predicted molar refractivity (Wildman–Crippen MR) is 118 cm³/mol. The van der Waals surface area contributed by atoms with Gasteiger partial charge >= 0.3 is 0 Å². The molecule has 0 radical (unpaired) electrons. The molecule has 1 aliphatic rings. The molecule has 6 nitrogen and oxygen atoms in total. The first-order valence-electron chi connectivity index (χ1n) is 9.92. The van der Waals surface area contributed by atoms with Crippen LogP contribution in [0, 0.1) is 0 Å². The summed E-state index contributed by atoms with van der Waals surface area (Å²) in [5, 5.41) is 18.6. The maximum atomic E-state index is 10.3. The summed E-state index contributed by atoms with van der Waals surface area (Å²) in [7, 11) is 2.16. The first kappa shape index (κ1) is 19.8. The quantitative estimate of drug-likeness (QED) is 0.658. The summed E-state index contributed by atoms with van der Waals surface area (Å²) in [5.74, 6) is 2.13. The van der Waals surface area contributed by atoms with Crippen LogP contribution in [0.3, 0.4) is 0 Å². The van der Waals surface area contributed by atoms with Crippen molar-refractivity contribution in [1.82, 2.24) is 15.1 Å². The lowest BCUT2D eigenvalue weighted by molar-refractivity contribution is 0.313. The van der Waals surface area contributed by atoms with Crippen molar-refractivity contribution in [3.8, 4) is 17.2 Å². The minimum Gasteiger partial charge on any atom is -0.508 e. The van der Waals surface area contributed by atoms with Crippen LogP contribution < -0.4 is 4.90 Å². The molecule has 1 atom stereocenters. The molecule has 1 fully saturated rings. The maximum Gasteiger partial charge on any atom is 0.247 e. The molecule has 1 N–H and O–H groups in total. The van der Waals surface area contributed by atoms with E-state index < -0.39 is 0 Å². The highest BCUT2D eigenvalue weighted by Gasteiger charge is 2.24. The third-order valence-corrected chi connectivity index (χ3v) is 6.32. The minimum atomic E-state index is -0.188. The molecule has 1 unspecified atom stereocenters. The summed E-state index contributed by atoms with van der Waals surface area (Å²) >= 11 is 1.66. The Morgan fingerprint density at radius 3 is 2.45 bits per heavy atom. The third kappa shape index (κ3) is 4.41. The van der Waals surface area contributed by atoms with Gasteiger partial charge in [0.15, 0.2) is 0 Å². The number of phenolic OH excluding ortho intramolecular Hbond substituents is 1. The Kier molecular flexibility index (Phi) is 6.06. The van der Waals surface area contributed by atoms with Crippen molar-refractivity contribution in [3.63, 3.8) is 0 Å². The van der Waals surface area contributed by atoms with Gasteiger partial charge in [-0.1, -0.05) is 25.1 Å². The molecular weight excluding hydrogens is 384 g/mol. The molecule has 3 aromatic rings. The van der Waals surface area contributed by atoms with Gasteiger partial charge in [0.2, 0.25) is 11.8 Å². The van der Waals surface area contributed by atoms with Crippen molar-refractivity contribution in [2.24, 2.45) is 0 Å². The first-order valence-corrected chi connectivity index (χ1v) is 11.0. The SMILES string of the molecule is CCSC(c1nnc(-c2ccc(N3CCN(C)CC3)cc2)o1)c1ccccc1O. The molecule has 0 spiro atoms. The fourth-order valence-electron chi connectivity index (χ4n) is 3.51. The van der Waals surface area contributed by atoms with Gasteiger partial charge in [-0.05, 0) is 43.1 Å². The number of piperazine rings is 1. The van der Waals surface area contributed by atoms with Crippen molar-refractivity contribution < 1.29 is 9.52 Å². The first-order chi connectivity index (χ1) is 14.2. The van der Waals surface area contributed by atoms with E-state index in [9.17, 15) is 5.11 Å². The van der Waals surface area contributed by atoms with E-state index in [0.717, 1.165) is 43.1 Å². The van der Waals surface area contributed by atoms with E-state index >= 15 is 0 Å². The second kappa shape index (κ2) is 8.88. The average molecular weight is 411 g/mol. The second-order valence-corrected chi connectivity index (χ2v) is 8.56. The molecule has 1 aliphatic heterocycles. The van der Waals surface area contributed by atoms with E-state index in [4.69, 9.17) is 4.42 Å². The molecule has 0 amide bonds. The zero-order valence-electron chi connectivity index (χ0n) is 16.8. The molecule has 2 aromatic carbocycles. The van der Waals surface area contributed by atoms with Crippen molar-refractivity contribution in [2.45, 2.75) is 12.2 Å². The summed E-state index contributed by atoms with van der Waals surface area (Å²) in [6.45, 7) is 6.31. The van der Waals surface area contributed by atoms with E-state index in [1.165, 1.54) is 5.69 Å². The van der Waals surface area contributed by atoms with Crippen LogP contribution in [0.1, 0.15) is 23.6 Å². The highest BCUT2D eigenvalue weighted by atomic mass is 32.2. The molecule has 0 saturated carbocycles. The van der Waals surface area contributed by atoms with Gasteiger partial charge in [0, 0.05) is 43.0 Å². The number of nitrogens with zero attached hydrogens (tertiary/aromatic N) is 4. The highest BCUT2D eigenvalue weighted by molar-refractivity contribution is 7.99. The monoisotopic (exact) mass is 410 g/mol. The Labute approximate surface area is 175 Å². The second-order valence-electron chi connectivity index (χ2n) is 7.18. The zero-order chi connectivity index (χ0) is 20.2. The van der Waals surface area contributed by atoms with Crippen molar-refractivity contribution in [3.05, 3.63) is 60.0 Å². The fourth-order valence-corrected chi connectivity index (χ4v) is 4.46. The van der Waals surface area contributed by atoms with Gasteiger partial charge in [0.05, 0.1) is 0 Å². The van der Waals surface area contributed by atoms with Gasteiger partial charge in [0.1, 0.15) is 11.0 Å². The van der Waals surface area contributed by atoms with Crippen LogP contribution in [-0.2, 0) is 0 Å². The Morgan fingerprint density at radius 2 is 1.76 bits per heavy atom. The highest BCUT2D eigenvalue weighted by Crippen LogP contribution is 2.39. The normalized spacial score (nSPS) is 16.1. The average Bonchev–Trinajstić information content (AvgIpc) is 3.23. The van der Waals surface area contributed by atoms with Gasteiger partial charge in [-0.15, -0.1) is 22.0 Å². The lowest BCUT2D eigenvalue weighted by Crippen LogP contribution is -2.44. The van der Waals surface area contributed by atoms with Gasteiger partial charge in [-0.25, -0.2) is 0 Å². The van der Waals surface area contributed by atoms with Crippen LogP contribution in [0.5, 0.6) is 5.75 Å². The van der Waals surface area contributed by atoms with Crippen LogP contribution in [0.4, 0.5) is 5.69 Å². The standard InChI is InChI=1S/C22H26N4O2S/c1-3-29-20(18-6-4-5-7-19(18)27)22-24-23-21(28-22)16-8-10-17(11-9-16)26-14-12-25(2)13-15-26/h4-11,20,27H,3,12-15H2,1-2H3. The number of hydrogen-bond donors (Lipinski definition) is 1. The number of likely N-dealkylation sites (N-methyl/N-ethyl adjacent to an activating group) is 1. The van der Waals surface area contributed by atoms with Crippen LogP contribution in [0.25, 0.3) is 11.5 Å². The van der Waals surface area contributed by atoms with Crippen LogP contribution in [0.15, 0.2) is 52.9 Å². The lowest BCUT2D eigenvalue weighted by Gasteiger charge is -2.34. The Morgan fingerprint density at radius 1 is 1.03 bits per heavy atom. The summed E-state index contributed by atoms with van der Waals surface area (Å²) in [6.07, 6.45) is 0. The molecule has 4 rings (SSSR count).